The van der Waals surface area contributed by atoms with E-state index in [4.69, 9.17) is 0 Å². The predicted molar refractivity (Wildman–Crippen MR) is 213 cm³/mol. The Balaban J connectivity index is 1.17. The lowest BCUT2D eigenvalue weighted by Crippen LogP contribution is -2.11. The van der Waals surface area contributed by atoms with E-state index < -0.39 is 0 Å². The predicted octanol–water partition coefficient (Wildman–Crippen LogP) is 13.4. The lowest BCUT2D eigenvalue weighted by Gasteiger charge is -2.27. The third-order valence-corrected chi connectivity index (χ3v) is 10.1. The second kappa shape index (κ2) is 11.5. The van der Waals surface area contributed by atoms with Gasteiger partial charge in [0.25, 0.3) is 0 Å². The molecule has 1 aromatic heterocycles. The molecule has 10 aromatic rings. The Morgan fingerprint density at radius 2 is 0.980 bits per heavy atom. The zero-order valence-corrected chi connectivity index (χ0v) is 27.4. The van der Waals surface area contributed by atoms with Crippen molar-refractivity contribution in [3.8, 4) is 16.8 Å². The molecule has 0 aliphatic heterocycles. The summed E-state index contributed by atoms with van der Waals surface area (Å²) in [5.41, 5.74) is 9.30. The number of para-hydroxylation sites is 4. The van der Waals surface area contributed by atoms with Crippen LogP contribution in [0.3, 0.4) is 0 Å². The van der Waals surface area contributed by atoms with Gasteiger partial charge in [-0.15, -0.1) is 0 Å². The molecule has 0 atom stereocenters. The summed E-state index contributed by atoms with van der Waals surface area (Å²) in [6.07, 6.45) is 0. The van der Waals surface area contributed by atoms with Gasteiger partial charge in [-0.2, -0.15) is 0 Å². The fourth-order valence-electron chi connectivity index (χ4n) is 7.94. The largest absolute Gasteiger partial charge is 0.308 e. The van der Waals surface area contributed by atoms with Gasteiger partial charge >= 0.3 is 0 Å². The van der Waals surface area contributed by atoms with Crippen molar-refractivity contribution in [2.24, 2.45) is 0 Å². The molecular weight excluding hydrogens is 605 g/mol. The van der Waals surface area contributed by atoms with Gasteiger partial charge < -0.3 is 9.47 Å². The van der Waals surface area contributed by atoms with Crippen LogP contribution in [0.5, 0.6) is 0 Å². The summed E-state index contributed by atoms with van der Waals surface area (Å²) < 4.78 is 2.41. The molecule has 50 heavy (non-hydrogen) atoms. The minimum Gasteiger partial charge on any atom is -0.308 e. The Labute approximate surface area is 290 Å². The second-order valence-electron chi connectivity index (χ2n) is 12.9. The number of rotatable bonds is 5. The minimum atomic E-state index is 1.11. The summed E-state index contributed by atoms with van der Waals surface area (Å²) >= 11 is 0. The van der Waals surface area contributed by atoms with E-state index in [0.29, 0.717) is 0 Å². The molecule has 0 aliphatic rings. The van der Waals surface area contributed by atoms with Crippen molar-refractivity contribution in [3.05, 3.63) is 194 Å². The van der Waals surface area contributed by atoms with Crippen LogP contribution < -0.4 is 4.90 Å². The molecule has 2 heteroatoms. The van der Waals surface area contributed by atoms with Gasteiger partial charge in [-0.1, -0.05) is 146 Å². The number of fused-ring (bicyclic) bond motifs is 8. The normalized spacial score (nSPS) is 11.6. The standard InChI is InChI=1S/C48H32N2/c1-3-14-36(15-4-1)49(46-24-12-22-44-42-19-9-10-23-45(42)50(48(44)46)37-16-5-2-6-17-37)38-30-27-34(28-31-38)39-20-11-21-43-41(39)32-29-35-26-25-33-13-7-8-18-40(33)47(35)43/h1-32H. The molecule has 0 spiro atoms. The highest BCUT2D eigenvalue weighted by Crippen LogP contribution is 2.44. The van der Waals surface area contributed by atoms with Gasteiger partial charge in [0.2, 0.25) is 0 Å². The highest BCUT2D eigenvalue weighted by molar-refractivity contribution is 6.22. The van der Waals surface area contributed by atoms with Crippen LogP contribution in [0.1, 0.15) is 0 Å². The molecular formula is C48H32N2. The first kappa shape index (κ1) is 28.4. The van der Waals surface area contributed by atoms with Crippen molar-refractivity contribution in [2.45, 2.75) is 0 Å². The first-order valence-corrected chi connectivity index (χ1v) is 17.2. The average molecular weight is 637 g/mol. The third kappa shape index (κ3) is 4.43. The molecule has 234 valence electrons. The van der Waals surface area contributed by atoms with Crippen LogP contribution in [0, 0.1) is 0 Å². The van der Waals surface area contributed by atoms with Gasteiger partial charge in [0.1, 0.15) is 0 Å². The zero-order valence-electron chi connectivity index (χ0n) is 27.4. The van der Waals surface area contributed by atoms with Crippen LogP contribution >= 0.6 is 0 Å². The maximum absolute atomic E-state index is 2.41. The lowest BCUT2D eigenvalue weighted by atomic mass is 9.92. The van der Waals surface area contributed by atoms with E-state index in [1.54, 1.807) is 0 Å². The van der Waals surface area contributed by atoms with Gasteiger partial charge in [-0.05, 0) is 92.0 Å². The maximum atomic E-state index is 2.41. The van der Waals surface area contributed by atoms with Crippen LogP contribution in [-0.2, 0) is 0 Å². The molecule has 0 saturated carbocycles. The molecule has 0 bridgehead atoms. The number of nitrogens with zero attached hydrogens (tertiary/aromatic N) is 2. The average Bonchev–Trinajstić information content (AvgIpc) is 3.54. The minimum absolute atomic E-state index is 1.11. The summed E-state index contributed by atoms with van der Waals surface area (Å²) in [7, 11) is 0. The molecule has 0 unspecified atom stereocenters. The topological polar surface area (TPSA) is 8.17 Å². The summed E-state index contributed by atoms with van der Waals surface area (Å²) in [5.74, 6) is 0. The molecule has 2 nitrogen and oxygen atoms in total. The fourth-order valence-corrected chi connectivity index (χ4v) is 7.94. The van der Waals surface area contributed by atoms with Gasteiger partial charge in [0.15, 0.2) is 0 Å². The molecule has 0 fully saturated rings. The molecule has 9 aromatic carbocycles. The van der Waals surface area contributed by atoms with Crippen LogP contribution in [0.2, 0.25) is 0 Å². The van der Waals surface area contributed by atoms with Crippen LogP contribution in [0.25, 0.3) is 70.9 Å². The molecule has 0 aliphatic carbocycles. The molecule has 0 N–H and O–H groups in total. The van der Waals surface area contributed by atoms with Gasteiger partial charge in [-0.25, -0.2) is 0 Å². The molecule has 10 rings (SSSR count). The second-order valence-corrected chi connectivity index (χ2v) is 12.9. The van der Waals surface area contributed by atoms with E-state index in [-0.39, 0.29) is 0 Å². The summed E-state index contributed by atoms with van der Waals surface area (Å²) in [6.45, 7) is 0. The van der Waals surface area contributed by atoms with Crippen LogP contribution in [0.15, 0.2) is 194 Å². The van der Waals surface area contributed by atoms with Crippen molar-refractivity contribution in [3.63, 3.8) is 0 Å². The number of anilines is 3. The van der Waals surface area contributed by atoms with Crippen LogP contribution in [-0.4, -0.2) is 4.57 Å². The molecule has 1 heterocycles. The summed E-state index contributed by atoms with van der Waals surface area (Å²) in [5, 5.41) is 10.2. The number of hydrogen-bond acceptors (Lipinski definition) is 1. The van der Waals surface area contributed by atoms with Crippen LogP contribution in [0.4, 0.5) is 17.1 Å². The van der Waals surface area contributed by atoms with Gasteiger partial charge in [-0.3, -0.25) is 0 Å². The molecule has 0 amide bonds. The van der Waals surface area contributed by atoms with E-state index in [0.717, 1.165) is 22.7 Å². The Morgan fingerprint density at radius 1 is 0.360 bits per heavy atom. The van der Waals surface area contributed by atoms with E-state index in [1.807, 2.05) is 0 Å². The quantitative estimate of drug-likeness (QED) is 0.171. The van der Waals surface area contributed by atoms with E-state index in [2.05, 4.69) is 204 Å². The highest BCUT2D eigenvalue weighted by Gasteiger charge is 2.21. The van der Waals surface area contributed by atoms with Crippen molar-refractivity contribution < 1.29 is 0 Å². The van der Waals surface area contributed by atoms with Gasteiger partial charge in [0.05, 0.1) is 16.7 Å². The van der Waals surface area contributed by atoms with Crippen molar-refractivity contribution in [2.75, 3.05) is 4.90 Å². The first-order chi connectivity index (χ1) is 24.8. The highest BCUT2D eigenvalue weighted by atomic mass is 15.2. The molecule has 0 saturated heterocycles. The summed E-state index contributed by atoms with van der Waals surface area (Å²) in [4.78, 5) is 2.40. The Hall–Kier alpha value is -6.64. The smallest absolute Gasteiger partial charge is 0.0782 e. The number of hydrogen-bond donors (Lipinski definition) is 0. The first-order valence-electron chi connectivity index (χ1n) is 17.2. The van der Waals surface area contributed by atoms with E-state index in [1.165, 1.54) is 65.3 Å². The van der Waals surface area contributed by atoms with E-state index in [9.17, 15) is 0 Å². The lowest BCUT2D eigenvalue weighted by molar-refractivity contribution is 1.17. The SMILES string of the molecule is c1ccc(N(c2ccc(-c3cccc4c3ccc3ccc5ccccc5c34)cc2)c2cccc3c4ccccc4n(-c4ccccc4)c23)cc1. The summed E-state index contributed by atoms with van der Waals surface area (Å²) in [6, 6.07) is 70.4. The van der Waals surface area contributed by atoms with Crippen molar-refractivity contribution in [1.82, 2.24) is 4.57 Å². The monoisotopic (exact) mass is 636 g/mol. The van der Waals surface area contributed by atoms with E-state index >= 15 is 0 Å². The Bertz CT molecular complexity index is 2850. The maximum Gasteiger partial charge on any atom is 0.0782 e. The Kier molecular flexibility index (Phi) is 6.53. The Morgan fingerprint density at radius 3 is 1.82 bits per heavy atom. The van der Waals surface area contributed by atoms with Crippen molar-refractivity contribution in [1.29, 1.82) is 0 Å². The number of benzene rings is 9. The van der Waals surface area contributed by atoms with Gasteiger partial charge in [0, 0.05) is 27.8 Å². The fraction of sp³-hybridized carbons (Fsp3) is 0. The zero-order chi connectivity index (χ0) is 33.0. The molecule has 0 radical (unpaired) electrons. The van der Waals surface area contributed by atoms with Crippen molar-refractivity contribution >= 4 is 71.2 Å². The number of aromatic nitrogens is 1. The third-order valence-electron chi connectivity index (χ3n) is 10.1.